The standard InChI is InChI=1S/C15H28N2O/c1-3-9-15(10-6-11-16-12-15)14(18)17(2)13-7-4-5-8-13/h13,16H,3-12H2,1-2H3. The fourth-order valence-electron chi connectivity index (χ4n) is 3.78. The van der Waals surface area contributed by atoms with Gasteiger partial charge in [-0.05, 0) is 38.6 Å². The van der Waals surface area contributed by atoms with E-state index in [1.165, 1.54) is 25.7 Å². The predicted molar refractivity (Wildman–Crippen MR) is 74.5 cm³/mol. The average Bonchev–Trinajstić information content (AvgIpc) is 2.92. The van der Waals surface area contributed by atoms with E-state index in [9.17, 15) is 4.79 Å². The molecule has 0 aromatic carbocycles. The number of amides is 1. The first-order valence-electron chi connectivity index (χ1n) is 7.67. The molecule has 0 radical (unpaired) electrons. The smallest absolute Gasteiger partial charge is 0.230 e. The number of hydrogen-bond acceptors (Lipinski definition) is 2. The number of carbonyl (C=O) groups is 1. The van der Waals surface area contributed by atoms with Gasteiger partial charge in [0.15, 0.2) is 0 Å². The molecule has 1 saturated heterocycles. The van der Waals surface area contributed by atoms with Gasteiger partial charge in [-0.1, -0.05) is 26.2 Å². The Morgan fingerprint density at radius 3 is 2.61 bits per heavy atom. The van der Waals surface area contributed by atoms with Crippen molar-refractivity contribution in [1.29, 1.82) is 0 Å². The molecule has 0 bridgehead atoms. The Morgan fingerprint density at radius 1 is 1.33 bits per heavy atom. The highest BCUT2D eigenvalue weighted by Crippen LogP contribution is 2.35. The summed E-state index contributed by atoms with van der Waals surface area (Å²) in [7, 11) is 2.03. The van der Waals surface area contributed by atoms with E-state index in [2.05, 4.69) is 17.1 Å². The largest absolute Gasteiger partial charge is 0.342 e. The van der Waals surface area contributed by atoms with Crippen LogP contribution < -0.4 is 5.32 Å². The van der Waals surface area contributed by atoms with Gasteiger partial charge in [0, 0.05) is 19.6 Å². The summed E-state index contributed by atoms with van der Waals surface area (Å²) in [5.41, 5.74) is -0.107. The molecule has 0 aromatic rings. The zero-order valence-electron chi connectivity index (χ0n) is 12.0. The van der Waals surface area contributed by atoms with Crippen LogP contribution in [0.1, 0.15) is 58.3 Å². The molecule has 1 N–H and O–H groups in total. The second kappa shape index (κ2) is 6.05. The summed E-state index contributed by atoms with van der Waals surface area (Å²) >= 11 is 0. The van der Waals surface area contributed by atoms with E-state index in [4.69, 9.17) is 0 Å². The third kappa shape index (κ3) is 2.71. The number of nitrogens with zero attached hydrogens (tertiary/aromatic N) is 1. The highest BCUT2D eigenvalue weighted by molar-refractivity contribution is 5.83. The molecular weight excluding hydrogens is 224 g/mol. The second-order valence-corrected chi connectivity index (χ2v) is 6.16. The van der Waals surface area contributed by atoms with Crippen LogP contribution in [0.5, 0.6) is 0 Å². The molecule has 1 saturated carbocycles. The Bertz CT molecular complexity index is 273. The van der Waals surface area contributed by atoms with Crippen molar-refractivity contribution in [2.45, 2.75) is 64.3 Å². The molecule has 0 spiro atoms. The maximum Gasteiger partial charge on any atom is 0.230 e. The van der Waals surface area contributed by atoms with Crippen molar-refractivity contribution >= 4 is 5.91 Å². The Hall–Kier alpha value is -0.570. The Kier molecular flexibility index (Phi) is 4.66. The normalized spacial score (nSPS) is 29.4. The Labute approximate surface area is 111 Å². The molecule has 104 valence electrons. The van der Waals surface area contributed by atoms with Crippen molar-refractivity contribution < 1.29 is 4.79 Å². The van der Waals surface area contributed by atoms with Gasteiger partial charge in [0.1, 0.15) is 0 Å². The van der Waals surface area contributed by atoms with Gasteiger partial charge in [-0.2, -0.15) is 0 Å². The lowest BCUT2D eigenvalue weighted by molar-refractivity contribution is -0.144. The number of nitrogens with one attached hydrogen (secondary N) is 1. The van der Waals surface area contributed by atoms with Crippen LogP contribution >= 0.6 is 0 Å². The maximum atomic E-state index is 12.9. The summed E-state index contributed by atoms with van der Waals surface area (Å²) < 4.78 is 0. The van der Waals surface area contributed by atoms with E-state index in [-0.39, 0.29) is 5.41 Å². The molecule has 3 nitrogen and oxygen atoms in total. The Balaban J connectivity index is 2.06. The molecule has 2 fully saturated rings. The maximum absolute atomic E-state index is 12.9. The molecule has 1 aliphatic carbocycles. The minimum atomic E-state index is -0.107. The lowest BCUT2D eigenvalue weighted by atomic mass is 9.75. The molecule has 18 heavy (non-hydrogen) atoms. The van der Waals surface area contributed by atoms with Crippen LogP contribution in [0.4, 0.5) is 0 Å². The van der Waals surface area contributed by atoms with Crippen molar-refractivity contribution in [3.63, 3.8) is 0 Å². The summed E-state index contributed by atoms with van der Waals surface area (Å²) in [5, 5.41) is 3.44. The minimum Gasteiger partial charge on any atom is -0.342 e. The van der Waals surface area contributed by atoms with E-state index in [0.29, 0.717) is 11.9 Å². The topological polar surface area (TPSA) is 32.3 Å². The van der Waals surface area contributed by atoms with Gasteiger partial charge in [-0.3, -0.25) is 4.79 Å². The first-order chi connectivity index (χ1) is 8.69. The molecular formula is C15H28N2O. The molecule has 0 aromatic heterocycles. The van der Waals surface area contributed by atoms with Gasteiger partial charge in [0.2, 0.25) is 5.91 Å². The molecule has 2 aliphatic rings. The fraction of sp³-hybridized carbons (Fsp3) is 0.933. The lowest BCUT2D eigenvalue weighted by Gasteiger charge is -2.40. The molecule has 1 aliphatic heterocycles. The number of hydrogen-bond donors (Lipinski definition) is 1. The van der Waals surface area contributed by atoms with Crippen LogP contribution in [-0.4, -0.2) is 37.0 Å². The lowest BCUT2D eigenvalue weighted by Crippen LogP contribution is -2.52. The van der Waals surface area contributed by atoms with Crippen LogP contribution in [-0.2, 0) is 4.79 Å². The zero-order valence-corrected chi connectivity index (χ0v) is 12.0. The predicted octanol–water partition coefficient (Wildman–Crippen LogP) is 2.56. The quantitative estimate of drug-likeness (QED) is 0.834. The Morgan fingerprint density at radius 2 is 2.06 bits per heavy atom. The molecule has 1 unspecified atom stereocenters. The van der Waals surface area contributed by atoms with E-state index in [0.717, 1.165) is 38.8 Å². The molecule has 1 amide bonds. The van der Waals surface area contributed by atoms with Gasteiger partial charge < -0.3 is 10.2 Å². The van der Waals surface area contributed by atoms with E-state index in [1.807, 2.05) is 7.05 Å². The van der Waals surface area contributed by atoms with Crippen LogP contribution in [0.3, 0.4) is 0 Å². The van der Waals surface area contributed by atoms with E-state index < -0.39 is 0 Å². The second-order valence-electron chi connectivity index (χ2n) is 6.16. The summed E-state index contributed by atoms with van der Waals surface area (Å²) in [4.78, 5) is 15.0. The average molecular weight is 252 g/mol. The molecule has 1 atom stereocenters. The van der Waals surface area contributed by atoms with Gasteiger partial charge >= 0.3 is 0 Å². The van der Waals surface area contributed by atoms with Crippen LogP contribution in [0.2, 0.25) is 0 Å². The van der Waals surface area contributed by atoms with E-state index in [1.54, 1.807) is 0 Å². The summed E-state index contributed by atoms with van der Waals surface area (Å²) in [5.74, 6) is 0.406. The molecule has 3 heteroatoms. The fourth-order valence-corrected chi connectivity index (χ4v) is 3.78. The van der Waals surface area contributed by atoms with Gasteiger partial charge in [-0.25, -0.2) is 0 Å². The zero-order chi connectivity index (χ0) is 13.0. The highest BCUT2D eigenvalue weighted by Gasteiger charge is 2.42. The monoisotopic (exact) mass is 252 g/mol. The third-order valence-electron chi connectivity index (χ3n) is 4.85. The third-order valence-corrected chi connectivity index (χ3v) is 4.85. The highest BCUT2D eigenvalue weighted by atomic mass is 16.2. The number of piperidine rings is 1. The van der Waals surface area contributed by atoms with Gasteiger partial charge in [-0.15, -0.1) is 0 Å². The van der Waals surface area contributed by atoms with Crippen molar-refractivity contribution in [3.05, 3.63) is 0 Å². The van der Waals surface area contributed by atoms with Crippen LogP contribution in [0.15, 0.2) is 0 Å². The first kappa shape index (κ1) is 13.9. The SMILES string of the molecule is CCCC1(C(=O)N(C)C2CCCC2)CCCNC1. The minimum absolute atomic E-state index is 0.107. The van der Waals surface area contributed by atoms with Gasteiger partial charge in [0.25, 0.3) is 0 Å². The summed E-state index contributed by atoms with van der Waals surface area (Å²) in [6.45, 7) is 4.15. The molecule has 2 rings (SSSR count). The van der Waals surface area contributed by atoms with Crippen molar-refractivity contribution in [2.24, 2.45) is 5.41 Å². The van der Waals surface area contributed by atoms with E-state index >= 15 is 0 Å². The van der Waals surface area contributed by atoms with Crippen molar-refractivity contribution in [2.75, 3.05) is 20.1 Å². The van der Waals surface area contributed by atoms with Crippen molar-refractivity contribution in [1.82, 2.24) is 10.2 Å². The summed E-state index contributed by atoms with van der Waals surface area (Å²) in [6.07, 6.45) is 9.36. The van der Waals surface area contributed by atoms with Crippen molar-refractivity contribution in [3.8, 4) is 0 Å². The molecule has 1 heterocycles. The van der Waals surface area contributed by atoms with Crippen LogP contribution in [0, 0.1) is 5.41 Å². The number of carbonyl (C=O) groups excluding carboxylic acids is 1. The van der Waals surface area contributed by atoms with Crippen LogP contribution in [0.25, 0.3) is 0 Å². The number of rotatable bonds is 4. The van der Waals surface area contributed by atoms with Gasteiger partial charge in [0.05, 0.1) is 5.41 Å². The first-order valence-corrected chi connectivity index (χ1v) is 7.67. The summed E-state index contributed by atoms with van der Waals surface area (Å²) in [6, 6.07) is 0.508.